The highest BCUT2D eigenvalue weighted by Gasteiger charge is 2.22. The Kier molecular flexibility index (Phi) is 3.76. The van der Waals surface area contributed by atoms with Gasteiger partial charge in [0.05, 0.1) is 5.52 Å². The summed E-state index contributed by atoms with van der Waals surface area (Å²) in [6.45, 7) is 2.50. The van der Waals surface area contributed by atoms with Crippen LogP contribution in [0, 0.1) is 5.82 Å². The molecule has 1 amide bonds. The Hall–Kier alpha value is -3.09. The van der Waals surface area contributed by atoms with E-state index in [0.29, 0.717) is 42.8 Å². The number of hydrogen-bond acceptors (Lipinski definition) is 4. The van der Waals surface area contributed by atoms with E-state index in [9.17, 15) is 14.0 Å². The molecule has 4 rings (SSSR count). The van der Waals surface area contributed by atoms with Gasteiger partial charge in [0, 0.05) is 43.5 Å². The number of carbonyl (C=O) groups is 1. The summed E-state index contributed by atoms with van der Waals surface area (Å²) in [5.74, 6) is -0.915. The van der Waals surface area contributed by atoms with Crippen LogP contribution in [0.3, 0.4) is 0 Å². The first-order valence-electron chi connectivity index (χ1n) is 8.03. The molecule has 25 heavy (non-hydrogen) atoms. The number of aromatic amines is 1. The van der Waals surface area contributed by atoms with Gasteiger partial charge in [0.2, 0.25) is 0 Å². The Bertz CT molecular complexity index is 969. The predicted molar refractivity (Wildman–Crippen MR) is 91.4 cm³/mol. The molecule has 6 nitrogen and oxygen atoms in total. The van der Waals surface area contributed by atoms with Gasteiger partial charge in [0.1, 0.15) is 5.82 Å². The fraction of sp³-hybridized carbons (Fsp3) is 0.222. The van der Waals surface area contributed by atoms with Crippen molar-refractivity contribution in [1.82, 2.24) is 9.88 Å². The molecule has 1 aliphatic rings. The van der Waals surface area contributed by atoms with Crippen LogP contribution in [0.25, 0.3) is 11.1 Å². The molecule has 1 N–H and O–H groups in total. The molecule has 1 saturated heterocycles. The molecular formula is C18H16FN3O3. The summed E-state index contributed by atoms with van der Waals surface area (Å²) >= 11 is 0. The summed E-state index contributed by atoms with van der Waals surface area (Å²) in [6.07, 6.45) is 0. The first-order chi connectivity index (χ1) is 12.1. The van der Waals surface area contributed by atoms with Crippen LogP contribution < -0.4 is 10.7 Å². The number of benzene rings is 2. The lowest BCUT2D eigenvalue weighted by Crippen LogP contribution is -2.48. The lowest BCUT2D eigenvalue weighted by atomic mass is 10.1. The number of aromatic nitrogens is 1. The average molecular weight is 341 g/mol. The number of piperazine rings is 1. The number of carbonyl (C=O) groups excluding carboxylic acids is 1. The molecule has 0 saturated carbocycles. The summed E-state index contributed by atoms with van der Waals surface area (Å²) < 4.78 is 18.1. The Balaban J connectivity index is 1.45. The van der Waals surface area contributed by atoms with E-state index >= 15 is 0 Å². The Labute approximate surface area is 142 Å². The molecule has 1 fully saturated rings. The number of rotatable bonds is 2. The normalized spacial score (nSPS) is 14.9. The minimum atomic E-state index is -0.470. The van der Waals surface area contributed by atoms with Gasteiger partial charge in [-0.15, -0.1) is 0 Å². The van der Waals surface area contributed by atoms with Crippen molar-refractivity contribution >= 4 is 22.7 Å². The van der Waals surface area contributed by atoms with Crippen LogP contribution in [0.1, 0.15) is 10.4 Å². The number of fused-ring (bicyclic) bond motifs is 1. The molecule has 1 aromatic heterocycles. The minimum Gasteiger partial charge on any atom is -0.408 e. The second kappa shape index (κ2) is 6.08. The van der Waals surface area contributed by atoms with Gasteiger partial charge in [-0.05, 0) is 36.4 Å². The van der Waals surface area contributed by atoms with Crippen LogP contribution in [0.4, 0.5) is 10.1 Å². The monoisotopic (exact) mass is 341 g/mol. The largest absolute Gasteiger partial charge is 0.417 e. The zero-order chi connectivity index (χ0) is 17.4. The Morgan fingerprint density at radius 3 is 2.48 bits per heavy atom. The van der Waals surface area contributed by atoms with Crippen LogP contribution in [-0.4, -0.2) is 42.0 Å². The molecule has 2 heterocycles. The molecule has 2 aromatic carbocycles. The van der Waals surface area contributed by atoms with Crippen LogP contribution in [0.2, 0.25) is 0 Å². The quantitative estimate of drug-likeness (QED) is 0.776. The number of oxazole rings is 1. The number of halogens is 1. The van der Waals surface area contributed by atoms with Gasteiger partial charge < -0.3 is 14.2 Å². The molecule has 1 aliphatic heterocycles. The Morgan fingerprint density at radius 1 is 1.04 bits per heavy atom. The van der Waals surface area contributed by atoms with Crippen LogP contribution in [0.15, 0.2) is 51.7 Å². The molecule has 0 spiro atoms. The molecule has 0 atom stereocenters. The van der Waals surface area contributed by atoms with Gasteiger partial charge in [-0.25, -0.2) is 9.18 Å². The number of anilines is 1. The van der Waals surface area contributed by atoms with E-state index in [0.717, 1.165) is 5.69 Å². The number of hydrogen-bond donors (Lipinski definition) is 1. The van der Waals surface area contributed by atoms with E-state index in [4.69, 9.17) is 4.42 Å². The zero-order valence-corrected chi connectivity index (χ0v) is 13.4. The van der Waals surface area contributed by atoms with Gasteiger partial charge >= 0.3 is 5.76 Å². The number of nitrogens with zero attached hydrogens (tertiary/aromatic N) is 2. The first kappa shape index (κ1) is 15.4. The predicted octanol–water partition coefficient (Wildman–Crippen LogP) is 2.22. The van der Waals surface area contributed by atoms with E-state index in [-0.39, 0.29) is 11.7 Å². The third-order valence-corrected chi connectivity index (χ3v) is 4.43. The van der Waals surface area contributed by atoms with E-state index in [1.165, 1.54) is 24.3 Å². The molecular weight excluding hydrogens is 325 g/mol. The summed E-state index contributed by atoms with van der Waals surface area (Å²) in [5, 5.41) is 0. The SMILES string of the molecule is O=C(c1ccc(F)cc1)N1CCN(c2ccc3[nH]c(=O)oc3c2)CC1. The van der Waals surface area contributed by atoms with E-state index in [2.05, 4.69) is 9.88 Å². The average Bonchev–Trinajstić information content (AvgIpc) is 3.01. The van der Waals surface area contributed by atoms with Crippen molar-refractivity contribution in [2.24, 2.45) is 0 Å². The fourth-order valence-electron chi connectivity index (χ4n) is 3.07. The van der Waals surface area contributed by atoms with Gasteiger partial charge in [-0.1, -0.05) is 0 Å². The van der Waals surface area contributed by atoms with Gasteiger partial charge in [0.15, 0.2) is 5.58 Å². The molecule has 3 aromatic rings. The number of amides is 1. The third-order valence-electron chi connectivity index (χ3n) is 4.43. The molecule has 0 bridgehead atoms. The number of H-pyrrole nitrogens is 1. The van der Waals surface area contributed by atoms with Gasteiger partial charge in [-0.3, -0.25) is 9.78 Å². The minimum absolute atomic E-state index is 0.0910. The molecule has 0 aliphatic carbocycles. The van der Waals surface area contributed by atoms with Crippen molar-refractivity contribution < 1.29 is 13.6 Å². The molecule has 0 unspecified atom stereocenters. The van der Waals surface area contributed by atoms with Crippen molar-refractivity contribution in [3.8, 4) is 0 Å². The highest BCUT2D eigenvalue weighted by molar-refractivity contribution is 5.94. The number of nitrogens with one attached hydrogen (secondary N) is 1. The van der Waals surface area contributed by atoms with Gasteiger partial charge in [0.25, 0.3) is 5.91 Å². The molecule has 7 heteroatoms. The molecule has 0 radical (unpaired) electrons. The van der Waals surface area contributed by atoms with Crippen molar-refractivity contribution in [3.63, 3.8) is 0 Å². The van der Waals surface area contributed by atoms with Crippen LogP contribution in [0.5, 0.6) is 0 Å². The zero-order valence-electron chi connectivity index (χ0n) is 13.4. The second-order valence-electron chi connectivity index (χ2n) is 5.98. The van der Waals surface area contributed by atoms with E-state index in [1.807, 2.05) is 18.2 Å². The van der Waals surface area contributed by atoms with Crippen molar-refractivity contribution in [3.05, 3.63) is 64.4 Å². The maximum Gasteiger partial charge on any atom is 0.417 e. The third kappa shape index (κ3) is 3.00. The van der Waals surface area contributed by atoms with Crippen LogP contribution >= 0.6 is 0 Å². The summed E-state index contributed by atoms with van der Waals surface area (Å²) in [4.78, 5) is 30.2. The highest BCUT2D eigenvalue weighted by Crippen LogP contribution is 2.22. The molecule has 128 valence electrons. The maximum absolute atomic E-state index is 13.0. The maximum atomic E-state index is 13.0. The standard InChI is InChI=1S/C18H16FN3O3/c19-13-3-1-12(2-4-13)17(23)22-9-7-21(8-10-22)14-5-6-15-16(11-14)25-18(24)20-15/h1-6,11H,7-10H2,(H,20,24). The van der Waals surface area contributed by atoms with Crippen molar-refractivity contribution in [2.45, 2.75) is 0 Å². The summed E-state index contributed by atoms with van der Waals surface area (Å²) in [7, 11) is 0. The van der Waals surface area contributed by atoms with Gasteiger partial charge in [-0.2, -0.15) is 0 Å². The lowest BCUT2D eigenvalue weighted by molar-refractivity contribution is 0.0746. The second-order valence-corrected chi connectivity index (χ2v) is 5.98. The summed E-state index contributed by atoms with van der Waals surface area (Å²) in [5.41, 5.74) is 2.63. The summed E-state index contributed by atoms with van der Waals surface area (Å²) in [6, 6.07) is 11.2. The lowest BCUT2D eigenvalue weighted by Gasteiger charge is -2.36. The fourth-order valence-corrected chi connectivity index (χ4v) is 3.07. The van der Waals surface area contributed by atoms with Crippen LogP contribution in [-0.2, 0) is 0 Å². The Morgan fingerprint density at radius 2 is 1.76 bits per heavy atom. The van der Waals surface area contributed by atoms with E-state index in [1.54, 1.807) is 4.90 Å². The van der Waals surface area contributed by atoms with E-state index < -0.39 is 5.76 Å². The highest BCUT2D eigenvalue weighted by atomic mass is 19.1. The topological polar surface area (TPSA) is 69.6 Å². The smallest absolute Gasteiger partial charge is 0.408 e. The van der Waals surface area contributed by atoms with Crippen molar-refractivity contribution in [2.75, 3.05) is 31.1 Å². The first-order valence-corrected chi connectivity index (χ1v) is 8.03. The van der Waals surface area contributed by atoms with Crippen molar-refractivity contribution in [1.29, 1.82) is 0 Å².